The number of rotatable bonds is 4. The number of halogens is 2. The largest absolute Gasteiger partial charge is 0.477 e. The molecule has 0 atom stereocenters. The van der Waals surface area contributed by atoms with E-state index in [4.69, 9.17) is 5.11 Å². The van der Waals surface area contributed by atoms with Gasteiger partial charge in [0, 0.05) is 6.07 Å². The normalized spacial score (nSPS) is 11.5. The summed E-state index contributed by atoms with van der Waals surface area (Å²) in [5.74, 6) is -5.65. The van der Waals surface area contributed by atoms with Crippen LogP contribution in [0.2, 0.25) is 0 Å². The topological polar surface area (TPSA) is 97.5 Å². The summed E-state index contributed by atoms with van der Waals surface area (Å²) in [6, 6.07) is 2.51. The highest BCUT2D eigenvalue weighted by atomic mass is 32.2. The lowest BCUT2D eigenvalue weighted by Crippen LogP contribution is -2.12. The number of hydrogen-bond acceptors (Lipinski definition) is 5. The molecule has 1 aromatic heterocycles. The predicted octanol–water partition coefficient (Wildman–Crippen LogP) is 1.62. The van der Waals surface area contributed by atoms with Crippen LogP contribution in [0.25, 0.3) is 0 Å². The predicted molar refractivity (Wildman–Crippen MR) is 60.7 cm³/mol. The maximum absolute atomic E-state index is 13.9. The molecule has 0 radical (unpaired) electrons. The molecule has 1 aromatic carbocycles. The average molecular weight is 303 g/mol. The molecule has 0 spiro atoms. The quantitative estimate of drug-likeness (QED) is 0.862. The Balaban J connectivity index is 2.53. The third kappa shape index (κ3) is 2.52. The first kappa shape index (κ1) is 14.1. The van der Waals surface area contributed by atoms with Gasteiger partial charge in [-0.25, -0.2) is 22.0 Å². The van der Waals surface area contributed by atoms with Crippen molar-refractivity contribution in [1.82, 2.24) is 5.16 Å². The van der Waals surface area contributed by atoms with Crippen molar-refractivity contribution >= 4 is 15.8 Å². The van der Waals surface area contributed by atoms with Crippen LogP contribution >= 0.6 is 0 Å². The lowest BCUT2D eigenvalue weighted by atomic mass is 10.2. The van der Waals surface area contributed by atoms with E-state index in [0.717, 1.165) is 0 Å². The Bertz CT molecular complexity index is 755. The molecule has 0 saturated carbocycles. The van der Waals surface area contributed by atoms with Crippen molar-refractivity contribution in [2.24, 2.45) is 0 Å². The van der Waals surface area contributed by atoms with E-state index < -0.39 is 43.7 Å². The highest BCUT2D eigenvalue weighted by molar-refractivity contribution is 7.90. The van der Waals surface area contributed by atoms with E-state index in [9.17, 15) is 22.0 Å². The Morgan fingerprint density at radius 2 is 2.00 bits per heavy atom. The summed E-state index contributed by atoms with van der Waals surface area (Å²) in [4.78, 5) is 9.83. The van der Waals surface area contributed by atoms with Crippen LogP contribution in [-0.2, 0) is 15.6 Å². The van der Waals surface area contributed by atoms with Gasteiger partial charge in [-0.2, -0.15) is 0 Å². The number of benzene rings is 1. The third-order valence-corrected chi connectivity index (χ3v) is 4.08. The molecular weight excluding hydrogens is 296 g/mol. The molecule has 0 aliphatic rings. The molecular formula is C11H7F2NO5S. The smallest absolute Gasteiger partial charge is 0.341 e. The Hall–Kier alpha value is -2.29. The van der Waals surface area contributed by atoms with Crippen LogP contribution in [0.5, 0.6) is 0 Å². The molecule has 0 fully saturated rings. The highest BCUT2D eigenvalue weighted by Crippen LogP contribution is 2.24. The van der Waals surface area contributed by atoms with Crippen LogP contribution in [0.4, 0.5) is 8.78 Å². The lowest BCUT2D eigenvalue weighted by Gasteiger charge is -2.07. The fraction of sp³-hybridized carbons (Fsp3) is 0.0909. The molecule has 2 aromatic rings. The van der Waals surface area contributed by atoms with Crippen molar-refractivity contribution < 1.29 is 31.6 Å². The zero-order valence-corrected chi connectivity index (χ0v) is 10.5. The van der Waals surface area contributed by atoms with Gasteiger partial charge in [-0.05, 0) is 12.1 Å². The van der Waals surface area contributed by atoms with Crippen molar-refractivity contribution in [3.8, 4) is 0 Å². The monoisotopic (exact) mass is 303 g/mol. The number of aromatic carboxylic acids is 1. The second-order valence-electron chi connectivity index (χ2n) is 3.78. The fourth-order valence-corrected chi connectivity index (χ4v) is 2.88. The lowest BCUT2D eigenvalue weighted by molar-refractivity contribution is 0.0685. The van der Waals surface area contributed by atoms with Gasteiger partial charge in [0.2, 0.25) is 0 Å². The van der Waals surface area contributed by atoms with Gasteiger partial charge in [-0.15, -0.1) is 0 Å². The summed E-state index contributed by atoms with van der Waals surface area (Å²) in [5, 5.41) is 12.0. The van der Waals surface area contributed by atoms with Gasteiger partial charge < -0.3 is 9.63 Å². The zero-order chi connectivity index (χ0) is 14.9. The first-order chi connectivity index (χ1) is 9.33. The molecule has 0 aliphatic heterocycles. The van der Waals surface area contributed by atoms with E-state index >= 15 is 0 Å². The van der Waals surface area contributed by atoms with Crippen LogP contribution in [0.1, 0.15) is 16.1 Å². The van der Waals surface area contributed by atoms with Crippen LogP contribution in [-0.4, -0.2) is 24.7 Å². The molecule has 0 aliphatic carbocycles. The maximum Gasteiger partial charge on any atom is 0.341 e. The van der Waals surface area contributed by atoms with Crippen LogP contribution in [0, 0.1) is 11.6 Å². The van der Waals surface area contributed by atoms with Crippen molar-refractivity contribution in [3.05, 3.63) is 47.4 Å². The second kappa shape index (κ2) is 5.00. The number of sulfone groups is 1. The number of aromatic nitrogens is 1. The van der Waals surface area contributed by atoms with E-state index in [-0.39, 0.29) is 5.76 Å². The minimum atomic E-state index is -4.23. The molecule has 1 N–H and O–H groups in total. The molecule has 6 nitrogen and oxygen atoms in total. The standard InChI is InChI=1S/C11H7F2NO5S/c12-7-1-2-8(10(13)9(7)11(15)16)20(17,18)5-6-3-4-14-19-6/h1-4H,5H2,(H,15,16). The highest BCUT2D eigenvalue weighted by Gasteiger charge is 2.27. The number of carboxylic acid groups (broad SMARTS) is 1. The summed E-state index contributed by atoms with van der Waals surface area (Å²) >= 11 is 0. The van der Waals surface area contributed by atoms with E-state index in [1.807, 2.05) is 0 Å². The Morgan fingerprint density at radius 1 is 1.30 bits per heavy atom. The second-order valence-corrected chi connectivity index (χ2v) is 5.74. The Morgan fingerprint density at radius 3 is 2.55 bits per heavy atom. The van der Waals surface area contributed by atoms with E-state index in [1.165, 1.54) is 12.3 Å². The molecule has 1 heterocycles. The Kier molecular flexibility index (Phi) is 3.53. The third-order valence-electron chi connectivity index (χ3n) is 2.43. The molecule has 0 bridgehead atoms. The Labute approximate surface area is 111 Å². The summed E-state index contributed by atoms with van der Waals surface area (Å²) in [6.45, 7) is 0. The summed E-state index contributed by atoms with van der Waals surface area (Å²) in [7, 11) is -4.23. The number of carbonyl (C=O) groups is 1. The maximum atomic E-state index is 13.9. The zero-order valence-electron chi connectivity index (χ0n) is 9.71. The van der Waals surface area contributed by atoms with Crippen LogP contribution in [0.15, 0.2) is 33.8 Å². The van der Waals surface area contributed by atoms with Crippen LogP contribution in [0.3, 0.4) is 0 Å². The molecule has 9 heteroatoms. The van der Waals surface area contributed by atoms with E-state index in [2.05, 4.69) is 9.68 Å². The van der Waals surface area contributed by atoms with Crippen molar-refractivity contribution in [3.63, 3.8) is 0 Å². The van der Waals surface area contributed by atoms with Gasteiger partial charge in [-0.1, -0.05) is 5.16 Å². The molecule has 0 unspecified atom stereocenters. The van der Waals surface area contributed by atoms with Gasteiger partial charge in [-0.3, -0.25) is 0 Å². The molecule has 0 saturated heterocycles. The number of nitrogens with zero attached hydrogens (tertiary/aromatic N) is 1. The SMILES string of the molecule is O=C(O)c1c(F)ccc(S(=O)(=O)Cc2ccno2)c1F. The molecule has 20 heavy (non-hydrogen) atoms. The number of carboxylic acids is 1. The van der Waals surface area contributed by atoms with Crippen molar-refractivity contribution in [1.29, 1.82) is 0 Å². The first-order valence-corrected chi connectivity index (χ1v) is 6.82. The first-order valence-electron chi connectivity index (χ1n) is 5.16. The fourth-order valence-electron chi connectivity index (χ4n) is 1.55. The summed E-state index contributed by atoms with van der Waals surface area (Å²) in [6.07, 6.45) is 1.20. The van der Waals surface area contributed by atoms with Crippen molar-refractivity contribution in [2.45, 2.75) is 10.6 Å². The van der Waals surface area contributed by atoms with E-state index in [0.29, 0.717) is 12.1 Å². The van der Waals surface area contributed by atoms with Gasteiger partial charge >= 0.3 is 5.97 Å². The van der Waals surface area contributed by atoms with Gasteiger partial charge in [0.15, 0.2) is 21.4 Å². The van der Waals surface area contributed by atoms with Gasteiger partial charge in [0.25, 0.3) is 0 Å². The van der Waals surface area contributed by atoms with Gasteiger partial charge in [0.05, 0.1) is 6.20 Å². The molecule has 2 rings (SSSR count). The van der Waals surface area contributed by atoms with E-state index in [1.54, 1.807) is 0 Å². The van der Waals surface area contributed by atoms with Crippen LogP contribution < -0.4 is 0 Å². The molecule has 0 amide bonds. The number of hydrogen-bond donors (Lipinski definition) is 1. The average Bonchev–Trinajstić information content (AvgIpc) is 2.79. The summed E-state index contributed by atoms with van der Waals surface area (Å²) in [5.41, 5.74) is -1.32. The minimum Gasteiger partial charge on any atom is -0.477 e. The molecule has 106 valence electrons. The van der Waals surface area contributed by atoms with Crippen molar-refractivity contribution in [2.75, 3.05) is 0 Å². The van der Waals surface area contributed by atoms with Gasteiger partial charge in [0.1, 0.15) is 22.0 Å². The minimum absolute atomic E-state index is 0.0504. The summed E-state index contributed by atoms with van der Waals surface area (Å²) < 4.78 is 55.6.